The zero-order valence-corrected chi connectivity index (χ0v) is 15.4. The fraction of sp³-hybridized carbons (Fsp3) is 0.611. The predicted molar refractivity (Wildman–Crippen MR) is 90.7 cm³/mol. The van der Waals surface area contributed by atoms with E-state index in [1.807, 2.05) is 0 Å². The van der Waals surface area contributed by atoms with E-state index in [0.717, 1.165) is 4.90 Å². The van der Waals surface area contributed by atoms with Gasteiger partial charge in [0.2, 0.25) is 5.60 Å². The highest BCUT2D eigenvalue weighted by Crippen LogP contribution is 2.58. The minimum Gasteiger partial charge on any atom is -0.507 e. The second-order valence-electron chi connectivity index (χ2n) is 7.45. The Labute approximate surface area is 151 Å². The van der Waals surface area contributed by atoms with Gasteiger partial charge in [0.1, 0.15) is 17.5 Å². The molecule has 2 heterocycles. The number of amides is 1. The molecule has 0 radical (unpaired) electrons. The molecule has 26 heavy (non-hydrogen) atoms. The molecule has 8 nitrogen and oxygen atoms in total. The van der Waals surface area contributed by atoms with Crippen molar-refractivity contribution in [2.24, 2.45) is 0 Å². The van der Waals surface area contributed by atoms with E-state index >= 15 is 0 Å². The molecule has 3 rings (SSSR count). The molecule has 0 aromatic heterocycles. The molecule has 6 unspecified atom stereocenters. The van der Waals surface area contributed by atoms with E-state index in [1.165, 1.54) is 20.0 Å². The Morgan fingerprint density at radius 1 is 1.23 bits per heavy atom. The topological polar surface area (TPSA) is 131 Å². The minimum atomic E-state index is -2.54. The van der Waals surface area contributed by atoms with Crippen LogP contribution in [0.15, 0.2) is 6.07 Å². The summed E-state index contributed by atoms with van der Waals surface area (Å²) < 4.78 is 5.58. The van der Waals surface area contributed by atoms with Crippen LogP contribution in [0.1, 0.15) is 43.4 Å². The third-order valence-electron chi connectivity index (χ3n) is 5.82. The first-order valence-corrected chi connectivity index (χ1v) is 8.53. The summed E-state index contributed by atoms with van der Waals surface area (Å²) >= 11 is 0. The number of phenolic OH excluding ortho intramolecular Hbond substituents is 1. The molecule has 144 valence electrons. The Balaban J connectivity index is 2.26. The van der Waals surface area contributed by atoms with Crippen molar-refractivity contribution in [2.75, 3.05) is 7.05 Å². The molecule has 6 atom stereocenters. The maximum Gasteiger partial charge on any atom is 0.274 e. The molecule has 2 aliphatic heterocycles. The number of nitrogens with zero attached hydrogens (tertiary/aromatic N) is 1. The van der Waals surface area contributed by atoms with Gasteiger partial charge < -0.3 is 35.2 Å². The highest BCUT2D eigenvalue weighted by atomic mass is 16.7. The number of likely N-dealkylation sites (N-methyl/N-ethyl adjacent to an activating group) is 1. The van der Waals surface area contributed by atoms with Crippen LogP contribution in [0.2, 0.25) is 0 Å². The maximum atomic E-state index is 12.8. The molecule has 1 fully saturated rings. The van der Waals surface area contributed by atoms with Crippen LogP contribution in [-0.2, 0) is 10.4 Å². The van der Waals surface area contributed by atoms with Crippen LogP contribution in [0.4, 0.5) is 0 Å². The quantitative estimate of drug-likeness (QED) is 0.495. The molecular weight excluding hydrogens is 342 g/mol. The molecule has 0 bridgehead atoms. The first kappa shape index (κ1) is 18.9. The number of carbonyl (C=O) groups is 1. The lowest BCUT2D eigenvalue weighted by Gasteiger charge is -2.33. The highest BCUT2D eigenvalue weighted by molar-refractivity contribution is 5.94. The van der Waals surface area contributed by atoms with Crippen LogP contribution in [0, 0.1) is 6.92 Å². The average molecular weight is 367 g/mol. The first-order chi connectivity index (χ1) is 11.9. The summed E-state index contributed by atoms with van der Waals surface area (Å²) in [7, 11) is 1.34. The van der Waals surface area contributed by atoms with Gasteiger partial charge in [0.05, 0.1) is 17.8 Å². The lowest BCUT2D eigenvalue weighted by atomic mass is 9.82. The number of aliphatic hydroxyl groups is 4. The Kier molecular flexibility index (Phi) is 4.04. The van der Waals surface area contributed by atoms with Crippen LogP contribution >= 0.6 is 0 Å². The molecular formula is C18H25NO7. The number of fused-ring (bicyclic) bond motifs is 3. The maximum absolute atomic E-state index is 12.8. The van der Waals surface area contributed by atoms with Gasteiger partial charge in [-0.2, -0.15) is 0 Å². The molecule has 8 heteroatoms. The second-order valence-corrected chi connectivity index (χ2v) is 7.45. The number of benzene rings is 1. The van der Waals surface area contributed by atoms with Crippen LogP contribution < -0.4 is 4.74 Å². The van der Waals surface area contributed by atoms with Crippen molar-refractivity contribution in [3.63, 3.8) is 0 Å². The molecule has 0 saturated carbocycles. The zero-order chi connectivity index (χ0) is 19.8. The fourth-order valence-electron chi connectivity index (χ4n) is 4.18. The standard InChI is InChI=1S/C18H25NO7/c1-7(9(3)20)11-6-12-13(14(22)8(11)2)17(24)16(23)19(5)15(10(4)21)18(17,25)26-12/h6-7,9-10,15,20-22,24-25H,1-5H3. The van der Waals surface area contributed by atoms with Crippen molar-refractivity contribution in [3.05, 3.63) is 22.8 Å². The predicted octanol–water partition coefficient (Wildman–Crippen LogP) is -0.325. The smallest absolute Gasteiger partial charge is 0.274 e. The summed E-state index contributed by atoms with van der Waals surface area (Å²) in [5.74, 6) is -4.11. The Morgan fingerprint density at radius 2 is 1.81 bits per heavy atom. The Hall–Kier alpha value is -1.87. The van der Waals surface area contributed by atoms with Crippen molar-refractivity contribution < 1.29 is 35.1 Å². The first-order valence-electron chi connectivity index (χ1n) is 8.53. The summed E-state index contributed by atoms with van der Waals surface area (Å²) in [6, 6.07) is 0.271. The van der Waals surface area contributed by atoms with Gasteiger partial charge in [-0.3, -0.25) is 4.79 Å². The number of ether oxygens (including phenoxy) is 1. The number of aromatic hydroxyl groups is 1. The summed E-state index contributed by atoms with van der Waals surface area (Å²) in [6.45, 7) is 6.33. The van der Waals surface area contributed by atoms with E-state index in [9.17, 15) is 30.3 Å². The van der Waals surface area contributed by atoms with Crippen LogP contribution in [0.5, 0.6) is 11.5 Å². The van der Waals surface area contributed by atoms with Crippen LogP contribution in [0.3, 0.4) is 0 Å². The number of carbonyl (C=O) groups excluding carboxylic acids is 1. The van der Waals surface area contributed by atoms with E-state index in [0.29, 0.717) is 11.1 Å². The summed E-state index contributed by atoms with van der Waals surface area (Å²) in [5, 5.41) is 52.9. The zero-order valence-electron chi connectivity index (χ0n) is 15.4. The summed E-state index contributed by atoms with van der Waals surface area (Å²) in [5.41, 5.74) is -1.83. The number of aliphatic hydroxyl groups excluding tert-OH is 2. The number of hydrogen-bond donors (Lipinski definition) is 5. The van der Waals surface area contributed by atoms with E-state index in [2.05, 4.69) is 0 Å². The number of rotatable bonds is 3. The van der Waals surface area contributed by atoms with Gasteiger partial charge in [0.25, 0.3) is 11.7 Å². The van der Waals surface area contributed by atoms with Crippen molar-refractivity contribution in [2.45, 2.75) is 63.3 Å². The molecule has 0 aliphatic carbocycles. The summed E-state index contributed by atoms with van der Waals surface area (Å²) in [6.07, 6.45) is -1.91. The molecule has 1 aromatic carbocycles. The van der Waals surface area contributed by atoms with Gasteiger partial charge in [-0.1, -0.05) is 6.92 Å². The van der Waals surface area contributed by atoms with E-state index in [1.54, 1.807) is 20.8 Å². The van der Waals surface area contributed by atoms with Crippen LogP contribution in [0.25, 0.3) is 0 Å². The molecule has 1 saturated heterocycles. The number of hydrogen-bond acceptors (Lipinski definition) is 7. The third kappa shape index (κ3) is 2.01. The van der Waals surface area contributed by atoms with Gasteiger partial charge in [0, 0.05) is 13.0 Å². The lowest BCUT2D eigenvalue weighted by Crippen LogP contribution is -2.59. The van der Waals surface area contributed by atoms with Crippen molar-refractivity contribution >= 4 is 5.91 Å². The summed E-state index contributed by atoms with van der Waals surface area (Å²) in [4.78, 5) is 13.8. The molecule has 0 spiro atoms. The third-order valence-corrected chi connectivity index (χ3v) is 5.82. The van der Waals surface area contributed by atoms with E-state index < -0.39 is 35.5 Å². The van der Waals surface area contributed by atoms with Gasteiger partial charge >= 0.3 is 0 Å². The van der Waals surface area contributed by atoms with Crippen molar-refractivity contribution in [1.82, 2.24) is 4.90 Å². The lowest BCUT2D eigenvalue weighted by molar-refractivity contribution is -0.240. The second kappa shape index (κ2) is 5.56. The minimum absolute atomic E-state index is 0.0484. The van der Waals surface area contributed by atoms with Crippen molar-refractivity contribution in [3.8, 4) is 11.5 Å². The molecule has 1 amide bonds. The van der Waals surface area contributed by atoms with Crippen LogP contribution in [-0.4, -0.2) is 67.4 Å². The van der Waals surface area contributed by atoms with E-state index in [-0.39, 0.29) is 23.0 Å². The average Bonchev–Trinajstić information content (AvgIpc) is 2.85. The Bertz CT molecular complexity index is 777. The molecule has 5 N–H and O–H groups in total. The van der Waals surface area contributed by atoms with E-state index in [4.69, 9.17) is 4.74 Å². The van der Waals surface area contributed by atoms with Gasteiger partial charge in [-0.25, -0.2) is 0 Å². The number of phenols is 1. The normalized spacial score (nSPS) is 33.5. The van der Waals surface area contributed by atoms with Crippen molar-refractivity contribution in [1.29, 1.82) is 0 Å². The SMILES string of the molecule is Cc1c(C(C)C(C)O)cc2c(c1O)C1(O)C(=O)N(C)C(C(C)O)C1(O)O2. The van der Waals surface area contributed by atoms with Gasteiger partial charge in [0.15, 0.2) is 0 Å². The fourth-order valence-corrected chi connectivity index (χ4v) is 4.18. The number of likely N-dealkylation sites (tertiary alicyclic amines) is 1. The molecule has 2 aliphatic rings. The largest absolute Gasteiger partial charge is 0.507 e. The highest BCUT2D eigenvalue weighted by Gasteiger charge is 2.76. The monoisotopic (exact) mass is 367 g/mol. The van der Waals surface area contributed by atoms with Gasteiger partial charge in [-0.05, 0) is 38.0 Å². The Morgan fingerprint density at radius 3 is 2.31 bits per heavy atom. The molecule has 1 aromatic rings. The van der Waals surface area contributed by atoms with Gasteiger partial charge in [-0.15, -0.1) is 0 Å².